The Morgan fingerprint density at radius 3 is 2.39 bits per heavy atom. The van der Waals surface area contributed by atoms with Crippen LogP contribution in [0.2, 0.25) is 10.0 Å². The zero-order valence-electron chi connectivity index (χ0n) is 11.5. The molecule has 0 heterocycles. The summed E-state index contributed by atoms with van der Waals surface area (Å²) in [5.74, 6) is 0.803. The lowest BCUT2D eigenvalue weighted by Crippen LogP contribution is -2.19. The molecule has 1 nitrogen and oxygen atoms in total. The summed E-state index contributed by atoms with van der Waals surface area (Å²) in [6.07, 6.45) is 3.82. The molecule has 0 radical (unpaired) electrons. The smallest absolute Gasteiger partial charge is 0.0595 e. The van der Waals surface area contributed by atoms with Crippen molar-refractivity contribution < 1.29 is 0 Å². The van der Waals surface area contributed by atoms with E-state index in [4.69, 9.17) is 23.2 Å². The Hall–Kier alpha value is -0.240. The second kappa shape index (κ2) is 8.04. The van der Waals surface area contributed by atoms with Crippen molar-refractivity contribution >= 4 is 23.2 Å². The summed E-state index contributed by atoms with van der Waals surface area (Å²) in [5.41, 5.74) is 1.19. The van der Waals surface area contributed by atoms with Crippen molar-refractivity contribution in [2.75, 3.05) is 6.54 Å². The van der Waals surface area contributed by atoms with Crippen molar-refractivity contribution in [3.63, 3.8) is 0 Å². The lowest BCUT2D eigenvalue weighted by atomic mass is 10.1. The highest BCUT2D eigenvalue weighted by molar-refractivity contribution is 6.42. The number of hydrogen-bond donors (Lipinski definition) is 1. The number of nitrogens with one attached hydrogen (secondary N) is 1. The minimum Gasteiger partial charge on any atom is -0.310 e. The van der Waals surface area contributed by atoms with Gasteiger partial charge in [-0.1, -0.05) is 56.0 Å². The van der Waals surface area contributed by atoms with E-state index in [1.165, 1.54) is 24.8 Å². The molecule has 0 saturated carbocycles. The molecule has 1 unspecified atom stereocenters. The fraction of sp³-hybridized carbons (Fsp3) is 0.600. The van der Waals surface area contributed by atoms with E-state index in [0.717, 1.165) is 12.5 Å². The number of unbranched alkanes of at least 4 members (excludes halogenated alkanes) is 1. The summed E-state index contributed by atoms with van der Waals surface area (Å²) >= 11 is 11.9. The Morgan fingerprint density at radius 1 is 1.06 bits per heavy atom. The van der Waals surface area contributed by atoms with Gasteiger partial charge in [-0.3, -0.25) is 0 Å². The zero-order chi connectivity index (χ0) is 13.5. The minimum absolute atomic E-state index is 0.318. The summed E-state index contributed by atoms with van der Waals surface area (Å²) < 4.78 is 0. The Kier molecular flexibility index (Phi) is 7.06. The number of benzene rings is 1. The van der Waals surface area contributed by atoms with Crippen LogP contribution >= 0.6 is 23.2 Å². The van der Waals surface area contributed by atoms with Crippen LogP contribution in [0.15, 0.2) is 18.2 Å². The van der Waals surface area contributed by atoms with E-state index >= 15 is 0 Å². The van der Waals surface area contributed by atoms with Crippen LogP contribution in [0.5, 0.6) is 0 Å². The van der Waals surface area contributed by atoms with Crippen molar-refractivity contribution in [2.24, 2.45) is 5.92 Å². The molecule has 1 atom stereocenters. The molecule has 0 saturated heterocycles. The highest BCUT2D eigenvalue weighted by atomic mass is 35.5. The molecule has 0 aliphatic carbocycles. The van der Waals surface area contributed by atoms with Crippen LogP contribution in [0.1, 0.15) is 51.6 Å². The third-order valence-corrected chi connectivity index (χ3v) is 3.84. The van der Waals surface area contributed by atoms with E-state index in [1.807, 2.05) is 18.2 Å². The van der Waals surface area contributed by atoms with Crippen LogP contribution in [0.3, 0.4) is 0 Å². The molecule has 0 aliphatic heterocycles. The van der Waals surface area contributed by atoms with Gasteiger partial charge in [-0.05, 0) is 43.5 Å². The first-order valence-corrected chi connectivity index (χ1v) is 7.44. The highest BCUT2D eigenvalue weighted by Gasteiger charge is 2.06. The maximum Gasteiger partial charge on any atom is 0.0595 e. The van der Waals surface area contributed by atoms with Crippen LogP contribution in [-0.4, -0.2) is 6.54 Å². The quantitative estimate of drug-likeness (QED) is 0.656. The number of rotatable bonds is 7. The van der Waals surface area contributed by atoms with E-state index in [9.17, 15) is 0 Å². The van der Waals surface area contributed by atoms with Gasteiger partial charge in [0, 0.05) is 6.04 Å². The summed E-state index contributed by atoms with van der Waals surface area (Å²) in [5, 5.41) is 4.76. The van der Waals surface area contributed by atoms with Crippen molar-refractivity contribution in [1.82, 2.24) is 5.32 Å². The summed E-state index contributed by atoms with van der Waals surface area (Å²) in [4.78, 5) is 0. The second-order valence-electron chi connectivity index (χ2n) is 5.24. The zero-order valence-corrected chi connectivity index (χ0v) is 13.0. The van der Waals surface area contributed by atoms with Gasteiger partial charge in [0.25, 0.3) is 0 Å². The molecule has 1 rings (SSSR count). The van der Waals surface area contributed by atoms with Crippen molar-refractivity contribution in [1.29, 1.82) is 0 Å². The maximum absolute atomic E-state index is 6.02. The van der Waals surface area contributed by atoms with Crippen LogP contribution in [0, 0.1) is 5.92 Å². The molecule has 102 valence electrons. The lowest BCUT2D eigenvalue weighted by Gasteiger charge is -2.15. The van der Waals surface area contributed by atoms with Crippen molar-refractivity contribution in [3.05, 3.63) is 33.8 Å². The SMILES string of the molecule is CC(C)CCCCNC(C)c1ccc(Cl)c(Cl)c1. The van der Waals surface area contributed by atoms with Gasteiger partial charge < -0.3 is 5.32 Å². The van der Waals surface area contributed by atoms with E-state index < -0.39 is 0 Å². The first-order valence-electron chi connectivity index (χ1n) is 6.69. The first-order chi connectivity index (χ1) is 8.50. The molecule has 0 fully saturated rings. The van der Waals surface area contributed by atoms with Gasteiger partial charge >= 0.3 is 0 Å². The molecule has 0 bridgehead atoms. The van der Waals surface area contributed by atoms with Crippen LogP contribution in [-0.2, 0) is 0 Å². The molecule has 3 heteroatoms. The number of halogens is 2. The molecule has 0 aromatic heterocycles. The van der Waals surface area contributed by atoms with Gasteiger partial charge in [0.1, 0.15) is 0 Å². The standard InChI is InChI=1S/C15H23Cl2N/c1-11(2)6-4-5-9-18-12(3)13-7-8-14(16)15(17)10-13/h7-8,10-12,18H,4-6,9H2,1-3H3. The Labute approximate surface area is 121 Å². The molecule has 1 aromatic carbocycles. The topological polar surface area (TPSA) is 12.0 Å². The predicted octanol–water partition coefficient (Wildman–Crippen LogP) is 5.47. The van der Waals surface area contributed by atoms with Gasteiger partial charge in [-0.2, -0.15) is 0 Å². The molecular weight excluding hydrogens is 265 g/mol. The minimum atomic E-state index is 0.318. The maximum atomic E-state index is 6.02. The second-order valence-corrected chi connectivity index (χ2v) is 6.05. The molecule has 1 aromatic rings. The van der Waals surface area contributed by atoms with Crippen molar-refractivity contribution in [2.45, 2.75) is 46.1 Å². The molecular formula is C15H23Cl2N. The molecule has 0 aliphatic rings. The van der Waals surface area contributed by atoms with Gasteiger partial charge in [0.15, 0.2) is 0 Å². The fourth-order valence-corrected chi connectivity index (χ4v) is 2.20. The first kappa shape index (κ1) is 15.8. The van der Waals surface area contributed by atoms with Crippen LogP contribution in [0.25, 0.3) is 0 Å². The summed E-state index contributed by atoms with van der Waals surface area (Å²) in [6, 6.07) is 6.14. The third-order valence-electron chi connectivity index (χ3n) is 3.10. The molecule has 0 spiro atoms. The van der Waals surface area contributed by atoms with E-state index in [-0.39, 0.29) is 0 Å². The van der Waals surface area contributed by atoms with Gasteiger partial charge in [-0.15, -0.1) is 0 Å². The highest BCUT2D eigenvalue weighted by Crippen LogP contribution is 2.25. The average molecular weight is 288 g/mol. The van der Waals surface area contributed by atoms with E-state index in [1.54, 1.807) is 0 Å². The van der Waals surface area contributed by atoms with E-state index in [0.29, 0.717) is 16.1 Å². The van der Waals surface area contributed by atoms with Crippen LogP contribution in [0.4, 0.5) is 0 Å². The molecule has 18 heavy (non-hydrogen) atoms. The summed E-state index contributed by atoms with van der Waals surface area (Å²) in [7, 11) is 0. The Bertz CT molecular complexity index is 364. The summed E-state index contributed by atoms with van der Waals surface area (Å²) in [6.45, 7) is 7.74. The van der Waals surface area contributed by atoms with Gasteiger partial charge in [0.05, 0.1) is 10.0 Å². The Balaban J connectivity index is 2.31. The van der Waals surface area contributed by atoms with Gasteiger partial charge in [-0.25, -0.2) is 0 Å². The normalized spacial score (nSPS) is 13.0. The fourth-order valence-electron chi connectivity index (χ4n) is 1.90. The largest absolute Gasteiger partial charge is 0.310 e. The Morgan fingerprint density at radius 2 is 1.78 bits per heavy atom. The van der Waals surface area contributed by atoms with Crippen molar-refractivity contribution in [3.8, 4) is 0 Å². The van der Waals surface area contributed by atoms with E-state index in [2.05, 4.69) is 26.1 Å². The monoisotopic (exact) mass is 287 g/mol. The average Bonchev–Trinajstić information content (AvgIpc) is 2.31. The predicted molar refractivity (Wildman–Crippen MR) is 81.6 cm³/mol. The van der Waals surface area contributed by atoms with Gasteiger partial charge in [0.2, 0.25) is 0 Å². The molecule has 0 amide bonds. The lowest BCUT2D eigenvalue weighted by molar-refractivity contribution is 0.498. The molecule has 1 N–H and O–H groups in total. The van der Waals surface area contributed by atoms with Crippen LogP contribution < -0.4 is 5.32 Å². The third kappa shape index (κ3) is 5.60. The number of hydrogen-bond acceptors (Lipinski definition) is 1.